The molecule has 0 bridgehead atoms. The zero-order valence-electron chi connectivity index (χ0n) is 14.4. The molecule has 3 atom stereocenters. The highest BCUT2D eigenvalue weighted by Crippen LogP contribution is 2.19. The summed E-state index contributed by atoms with van der Waals surface area (Å²) in [6.45, 7) is 2.66. The van der Waals surface area contributed by atoms with Crippen molar-refractivity contribution in [3.05, 3.63) is 0 Å². The maximum Gasteiger partial charge on any atom is 0.326 e. The predicted octanol–water partition coefficient (Wildman–Crippen LogP) is -2.36. The van der Waals surface area contributed by atoms with E-state index < -0.39 is 48.4 Å². The van der Waals surface area contributed by atoms with Crippen LogP contribution in [0.15, 0.2) is 0 Å². The van der Waals surface area contributed by atoms with Crippen molar-refractivity contribution in [2.24, 2.45) is 11.7 Å². The molecule has 1 saturated heterocycles. The third-order valence-electron chi connectivity index (χ3n) is 4.07. The SMILES string of the molecule is CC(C)C(NC(=O)C1CCCN1C(=O)C(CO)NC(=O)CN)C(=O)O. The van der Waals surface area contributed by atoms with Gasteiger partial charge in [-0.05, 0) is 18.8 Å². The van der Waals surface area contributed by atoms with Gasteiger partial charge in [0.05, 0.1) is 13.2 Å². The number of aliphatic carboxylic acids is 1. The number of amides is 3. The normalized spacial score (nSPS) is 19.4. The van der Waals surface area contributed by atoms with Crippen molar-refractivity contribution in [3.63, 3.8) is 0 Å². The van der Waals surface area contributed by atoms with Crippen LogP contribution in [0, 0.1) is 5.92 Å². The van der Waals surface area contributed by atoms with Gasteiger partial charge in [-0.1, -0.05) is 13.8 Å². The zero-order chi connectivity index (χ0) is 19.1. The summed E-state index contributed by atoms with van der Waals surface area (Å²) in [5.41, 5.74) is 5.18. The number of aliphatic hydroxyl groups excluding tert-OH is 1. The van der Waals surface area contributed by atoms with Crippen LogP contribution in [0.2, 0.25) is 0 Å². The second kappa shape index (κ2) is 9.33. The van der Waals surface area contributed by atoms with Gasteiger partial charge in [0, 0.05) is 6.54 Å². The van der Waals surface area contributed by atoms with Crippen molar-refractivity contribution in [2.45, 2.75) is 44.8 Å². The third-order valence-corrected chi connectivity index (χ3v) is 4.07. The number of hydrogen-bond acceptors (Lipinski definition) is 6. The molecular formula is C15H26N4O6. The lowest BCUT2D eigenvalue weighted by molar-refractivity contribution is -0.146. The van der Waals surface area contributed by atoms with Gasteiger partial charge in [-0.3, -0.25) is 14.4 Å². The number of carboxylic acid groups (broad SMARTS) is 1. The quantitative estimate of drug-likeness (QED) is 0.324. The molecule has 3 amide bonds. The van der Waals surface area contributed by atoms with E-state index >= 15 is 0 Å². The van der Waals surface area contributed by atoms with E-state index in [-0.39, 0.29) is 19.0 Å². The molecule has 142 valence electrons. The summed E-state index contributed by atoms with van der Waals surface area (Å²) in [7, 11) is 0. The fourth-order valence-electron chi connectivity index (χ4n) is 2.70. The molecule has 25 heavy (non-hydrogen) atoms. The summed E-state index contributed by atoms with van der Waals surface area (Å²) in [6, 6.07) is -3.09. The Morgan fingerprint density at radius 2 is 1.88 bits per heavy atom. The zero-order valence-corrected chi connectivity index (χ0v) is 14.4. The van der Waals surface area contributed by atoms with Gasteiger partial charge in [0.1, 0.15) is 18.1 Å². The molecule has 1 rings (SSSR count). The van der Waals surface area contributed by atoms with E-state index in [0.717, 1.165) is 0 Å². The van der Waals surface area contributed by atoms with E-state index in [1.807, 2.05) is 0 Å². The van der Waals surface area contributed by atoms with Crippen LogP contribution < -0.4 is 16.4 Å². The van der Waals surface area contributed by atoms with Crippen LogP contribution in [-0.4, -0.2) is 76.6 Å². The van der Waals surface area contributed by atoms with Crippen molar-refractivity contribution >= 4 is 23.7 Å². The van der Waals surface area contributed by atoms with E-state index in [9.17, 15) is 29.4 Å². The third kappa shape index (κ3) is 5.40. The molecule has 3 unspecified atom stereocenters. The lowest BCUT2D eigenvalue weighted by Crippen LogP contribution is -2.57. The fourth-order valence-corrected chi connectivity index (χ4v) is 2.70. The Labute approximate surface area is 145 Å². The first-order valence-corrected chi connectivity index (χ1v) is 8.16. The number of nitrogens with two attached hydrogens (primary N) is 1. The smallest absolute Gasteiger partial charge is 0.326 e. The number of nitrogens with one attached hydrogen (secondary N) is 2. The minimum absolute atomic E-state index is 0.283. The average molecular weight is 358 g/mol. The molecule has 6 N–H and O–H groups in total. The Bertz CT molecular complexity index is 524. The lowest BCUT2D eigenvalue weighted by Gasteiger charge is -2.29. The molecule has 10 heteroatoms. The van der Waals surface area contributed by atoms with Gasteiger partial charge in [-0.2, -0.15) is 0 Å². The van der Waals surface area contributed by atoms with Crippen molar-refractivity contribution in [1.29, 1.82) is 0 Å². The Balaban J connectivity index is 2.83. The second-order valence-electron chi connectivity index (χ2n) is 6.26. The first-order chi connectivity index (χ1) is 11.7. The number of hydrogen-bond donors (Lipinski definition) is 5. The number of carboxylic acids is 1. The Hall–Kier alpha value is -2.20. The van der Waals surface area contributed by atoms with Gasteiger partial charge in [-0.15, -0.1) is 0 Å². The van der Waals surface area contributed by atoms with Crippen LogP contribution in [0.4, 0.5) is 0 Å². The van der Waals surface area contributed by atoms with Gasteiger partial charge in [0.15, 0.2) is 0 Å². The number of likely N-dealkylation sites (tertiary alicyclic amines) is 1. The fraction of sp³-hybridized carbons (Fsp3) is 0.733. The largest absolute Gasteiger partial charge is 0.480 e. The highest BCUT2D eigenvalue weighted by Gasteiger charge is 2.38. The summed E-state index contributed by atoms with van der Waals surface area (Å²) in [5.74, 6) is -3.23. The first kappa shape index (κ1) is 20.8. The van der Waals surface area contributed by atoms with Gasteiger partial charge >= 0.3 is 5.97 Å². The minimum atomic E-state index is -1.19. The van der Waals surface area contributed by atoms with Crippen molar-refractivity contribution < 1.29 is 29.4 Å². The molecule has 1 heterocycles. The topological polar surface area (TPSA) is 162 Å². The van der Waals surface area contributed by atoms with Crippen LogP contribution in [0.5, 0.6) is 0 Å². The van der Waals surface area contributed by atoms with Crippen LogP contribution in [-0.2, 0) is 19.2 Å². The van der Waals surface area contributed by atoms with Crippen LogP contribution >= 0.6 is 0 Å². The van der Waals surface area contributed by atoms with Crippen molar-refractivity contribution in [3.8, 4) is 0 Å². The number of aliphatic hydroxyl groups is 1. The van der Waals surface area contributed by atoms with E-state index in [0.29, 0.717) is 12.8 Å². The summed E-state index contributed by atoms with van der Waals surface area (Å²) >= 11 is 0. The highest BCUT2D eigenvalue weighted by atomic mass is 16.4. The standard InChI is InChI=1S/C15H26N4O6/c1-8(2)12(15(24)25)18-13(22)10-4-3-5-19(10)14(23)9(7-20)17-11(21)6-16/h8-10,12,20H,3-7,16H2,1-2H3,(H,17,21)(H,18,22)(H,24,25). The average Bonchev–Trinajstić information content (AvgIpc) is 3.05. The van der Waals surface area contributed by atoms with Gasteiger partial charge in [0.25, 0.3) is 0 Å². The second-order valence-corrected chi connectivity index (χ2v) is 6.26. The Morgan fingerprint density at radius 1 is 1.24 bits per heavy atom. The number of carbonyl (C=O) groups excluding carboxylic acids is 3. The van der Waals surface area contributed by atoms with E-state index in [1.54, 1.807) is 13.8 Å². The van der Waals surface area contributed by atoms with Crippen LogP contribution in [0.25, 0.3) is 0 Å². The Kier molecular flexibility index (Phi) is 7.78. The predicted molar refractivity (Wildman–Crippen MR) is 87.2 cm³/mol. The van der Waals surface area contributed by atoms with E-state index in [4.69, 9.17) is 5.73 Å². The molecule has 0 radical (unpaired) electrons. The number of nitrogens with zero attached hydrogens (tertiary/aromatic N) is 1. The molecule has 1 aliphatic rings. The summed E-state index contributed by atoms with van der Waals surface area (Å²) in [5, 5.41) is 23.3. The Morgan fingerprint density at radius 3 is 2.36 bits per heavy atom. The monoisotopic (exact) mass is 358 g/mol. The van der Waals surface area contributed by atoms with Gasteiger partial charge < -0.3 is 31.5 Å². The van der Waals surface area contributed by atoms with E-state index in [1.165, 1.54) is 4.90 Å². The molecular weight excluding hydrogens is 332 g/mol. The van der Waals surface area contributed by atoms with Gasteiger partial charge in [0.2, 0.25) is 17.7 Å². The van der Waals surface area contributed by atoms with Crippen LogP contribution in [0.3, 0.4) is 0 Å². The number of rotatable bonds is 8. The van der Waals surface area contributed by atoms with E-state index in [2.05, 4.69) is 10.6 Å². The maximum atomic E-state index is 12.5. The maximum absolute atomic E-state index is 12.5. The summed E-state index contributed by atoms with van der Waals surface area (Å²) in [6.07, 6.45) is 0.942. The molecule has 0 aromatic heterocycles. The molecule has 0 saturated carbocycles. The lowest BCUT2D eigenvalue weighted by atomic mass is 10.0. The van der Waals surface area contributed by atoms with Crippen molar-refractivity contribution in [1.82, 2.24) is 15.5 Å². The van der Waals surface area contributed by atoms with Gasteiger partial charge in [-0.25, -0.2) is 4.79 Å². The summed E-state index contributed by atoms with van der Waals surface area (Å²) < 4.78 is 0. The minimum Gasteiger partial charge on any atom is -0.480 e. The van der Waals surface area contributed by atoms with Crippen molar-refractivity contribution in [2.75, 3.05) is 19.7 Å². The summed E-state index contributed by atoms with van der Waals surface area (Å²) in [4.78, 5) is 48.8. The molecule has 1 fully saturated rings. The molecule has 0 aromatic carbocycles. The molecule has 0 aromatic rings. The molecule has 0 spiro atoms. The highest BCUT2D eigenvalue weighted by molar-refractivity contribution is 5.94. The molecule has 0 aliphatic carbocycles. The molecule has 10 nitrogen and oxygen atoms in total. The molecule has 1 aliphatic heterocycles. The number of carbonyl (C=O) groups is 4. The first-order valence-electron chi connectivity index (χ1n) is 8.16. The van der Waals surface area contributed by atoms with Crippen LogP contribution in [0.1, 0.15) is 26.7 Å².